The first-order chi connectivity index (χ1) is 6.33. The third-order valence-electron chi connectivity index (χ3n) is 1.80. The van der Waals surface area contributed by atoms with E-state index in [1.54, 1.807) is 7.11 Å². The number of para-hydroxylation sites is 2. The number of nitrogens with zero attached hydrogens (tertiary/aromatic N) is 1. The van der Waals surface area contributed by atoms with Gasteiger partial charge in [0.15, 0.2) is 0 Å². The Morgan fingerprint density at radius 3 is 2.69 bits per heavy atom. The van der Waals surface area contributed by atoms with E-state index in [2.05, 4.69) is 0 Å². The third kappa shape index (κ3) is 1.99. The number of carbonyl (C=O) groups excluding carboxylic acids is 1. The topological polar surface area (TPSA) is 29.5 Å². The van der Waals surface area contributed by atoms with E-state index < -0.39 is 0 Å². The van der Waals surface area contributed by atoms with Crippen LogP contribution in [0, 0.1) is 0 Å². The molecule has 69 valence electrons. The molecule has 0 aromatic heterocycles. The summed E-state index contributed by atoms with van der Waals surface area (Å²) in [4.78, 5) is 12.0. The van der Waals surface area contributed by atoms with Crippen molar-refractivity contribution in [2.45, 2.75) is 6.92 Å². The summed E-state index contributed by atoms with van der Waals surface area (Å²) >= 11 is 0. The van der Waals surface area contributed by atoms with Gasteiger partial charge in [0.2, 0.25) is 0 Å². The minimum Gasteiger partial charge on any atom is -0.495 e. The van der Waals surface area contributed by atoms with Gasteiger partial charge in [-0.3, -0.25) is 4.79 Å². The largest absolute Gasteiger partial charge is 0.495 e. The third-order valence-corrected chi connectivity index (χ3v) is 1.80. The highest BCUT2D eigenvalue weighted by molar-refractivity contribution is 5.79. The van der Waals surface area contributed by atoms with Gasteiger partial charge in [-0.05, 0) is 19.1 Å². The van der Waals surface area contributed by atoms with E-state index in [0.717, 1.165) is 5.69 Å². The molecule has 0 saturated heterocycles. The van der Waals surface area contributed by atoms with Crippen LogP contribution in [0.15, 0.2) is 24.3 Å². The van der Waals surface area contributed by atoms with Crippen LogP contribution >= 0.6 is 0 Å². The Hall–Kier alpha value is -1.51. The highest BCUT2D eigenvalue weighted by Gasteiger charge is 2.08. The van der Waals surface area contributed by atoms with Crippen molar-refractivity contribution < 1.29 is 9.53 Å². The smallest absolute Gasteiger partial charge is 0.316 e. The standard InChI is InChI=1S/C10H12NO2/c1-3-11(8-12)9-6-4-5-7-10(9)13-2/h4-7H,3H2,1-2H3. The first-order valence-corrected chi connectivity index (χ1v) is 4.11. The number of hydrogen-bond donors (Lipinski definition) is 0. The van der Waals surface area contributed by atoms with E-state index in [9.17, 15) is 4.79 Å². The molecule has 0 saturated carbocycles. The molecule has 1 rings (SSSR count). The summed E-state index contributed by atoms with van der Waals surface area (Å²) in [6, 6.07) is 7.36. The molecule has 1 aromatic carbocycles. The fraction of sp³-hybridized carbons (Fsp3) is 0.300. The van der Waals surface area contributed by atoms with Crippen molar-refractivity contribution in [3.63, 3.8) is 0 Å². The Kier molecular flexibility index (Phi) is 3.31. The molecule has 13 heavy (non-hydrogen) atoms. The molecule has 1 radical (unpaired) electrons. The van der Waals surface area contributed by atoms with Crippen LogP contribution in [-0.4, -0.2) is 20.1 Å². The maximum atomic E-state index is 10.6. The van der Waals surface area contributed by atoms with Crippen molar-refractivity contribution in [2.24, 2.45) is 0 Å². The van der Waals surface area contributed by atoms with Gasteiger partial charge in [-0.1, -0.05) is 12.1 Å². The zero-order valence-corrected chi connectivity index (χ0v) is 7.78. The van der Waals surface area contributed by atoms with E-state index in [-0.39, 0.29) is 0 Å². The molecule has 3 nitrogen and oxygen atoms in total. The summed E-state index contributed by atoms with van der Waals surface area (Å²) in [5.41, 5.74) is 0.752. The Bertz CT molecular complexity index is 286. The van der Waals surface area contributed by atoms with Crippen LogP contribution in [0.25, 0.3) is 0 Å². The molecule has 0 aliphatic rings. The monoisotopic (exact) mass is 178 g/mol. The van der Waals surface area contributed by atoms with E-state index in [1.807, 2.05) is 37.6 Å². The van der Waals surface area contributed by atoms with Gasteiger partial charge in [0.1, 0.15) is 5.75 Å². The highest BCUT2D eigenvalue weighted by atomic mass is 16.5. The summed E-state index contributed by atoms with van der Waals surface area (Å²) in [6.07, 6.45) is 1.85. The molecule has 0 aliphatic carbocycles. The van der Waals surface area contributed by atoms with Gasteiger partial charge >= 0.3 is 6.41 Å². The summed E-state index contributed by atoms with van der Waals surface area (Å²) in [5, 5.41) is 0. The fourth-order valence-electron chi connectivity index (χ4n) is 1.14. The maximum Gasteiger partial charge on any atom is 0.316 e. The van der Waals surface area contributed by atoms with Crippen molar-refractivity contribution >= 4 is 12.1 Å². The number of methoxy groups -OCH3 is 1. The summed E-state index contributed by atoms with van der Waals surface area (Å²) < 4.78 is 5.11. The Labute approximate surface area is 77.9 Å². The molecular formula is C10H12NO2. The number of anilines is 1. The van der Waals surface area contributed by atoms with Gasteiger partial charge in [-0.15, -0.1) is 0 Å². The zero-order chi connectivity index (χ0) is 9.68. The minimum atomic E-state index is 0.587. The van der Waals surface area contributed by atoms with Crippen LogP contribution in [0.5, 0.6) is 5.75 Å². The van der Waals surface area contributed by atoms with Gasteiger partial charge in [0.25, 0.3) is 0 Å². The second kappa shape index (κ2) is 4.50. The molecule has 0 bridgehead atoms. The van der Waals surface area contributed by atoms with Crippen molar-refractivity contribution in [1.29, 1.82) is 0 Å². The molecule has 0 fully saturated rings. The van der Waals surface area contributed by atoms with E-state index >= 15 is 0 Å². The number of rotatable bonds is 4. The molecule has 1 aromatic rings. The molecule has 0 unspecified atom stereocenters. The molecule has 0 aliphatic heterocycles. The molecule has 0 atom stereocenters. The van der Waals surface area contributed by atoms with E-state index in [4.69, 9.17) is 4.74 Å². The van der Waals surface area contributed by atoms with Gasteiger partial charge in [-0.2, -0.15) is 0 Å². The van der Waals surface area contributed by atoms with E-state index in [0.29, 0.717) is 12.3 Å². The number of hydrogen-bond acceptors (Lipinski definition) is 2. The van der Waals surface area contributed by atoms with Crippen LogP contribution in [0.4, 0.5) is 5.69 Å². The lowest BCUT2D eigenvalue weighted by atomic mass is 10.2. The second-order valence-electron chi connectivity index (χ2n) is 2.51. The SMILES string of the molecule is CCN([C]=O)c1ccccc1OC. The number of ether oxygens (including phenoxy) is 1. The van der Waals surface area contributed by atoms with Crippen molar-refractivity contribution in [3.8, 4) is 5.75 Å². The maximum absolute atomic E-state index is 10.6. The average Bonchev–Trinajstić information content (AvgIpc) is 2.20. The normalized spacial score (nSPS) is 9.38. The van der Waals surface area contributed by atoms with Gasteiger partial charge in [0.05, 0.1) is 12.8 Å². The van der Waals surface area contributed by atoms with Crippen molar-refractivity contribution in [3.05, 3.63) is 24.3 Å². The van der Waals surface area contributed by atoms with Gasteiger partial charge < -0.3 is 9.64 Å². The number of benzene rings is 1. The van der Waals surface area contributed by atoms with Crippen molar-refractivity contribution in [2.75, 3.05) is 18.6 Å². The van der Waals surface area contributed by atoms with Gasteiger partial charge in [-0.25, -0.2) is 0 Å². The van der Waals surface area contributed by atoms with Crippen LogP contribution in [-0.2, 0) is 4.79 Å². The van der Waals surface area contributed by atoms with Gasteiger partial charge in [0, 0.05) is 6.54 Å². The predicted octanol–water partition coefficient (Wildman–Crippen LogP) is 1.59. The molecule has 3 heteroatoms. The highest BCUT2D eigenvalue weighted by Crippen LogP contribution is 2.26. The molecular weight excluding hydrogens is 166 g/mol. The lowest BCUT2D eigenvalue weighted by molar-refractivity contribution is 0.415. The number of amides is 1. The van der Waals surface area contributed by atoms with Crippen molar-refractivity contribution in [1.82, 2.24) is 0 Å². The zero-order valence-electron chi connectivity index (χ0n) is 7.78. The fourth-order valence-corrected chi connectivity index (χ4v) is 1.14. The van der Waals surface area contributed by atoms with Crippen LogP contribution < -0.4 is 9.64 Å². The molecule has 0 N–H and O–H groups in total. The summed E-state index contributed by atoms with van der Waals surface area (Å²) in [6.45, 7) is 2.47. The van der Waals surface area contributed by atoms with Crippen LogP contribution in [0.1, 0.15) is 6.92 Å². The Balaban J connectivity index is 3.03. The van der Waals surface area contributed by atoms with Crippen LogP contribution in [0.2, 0.25) is 0 Å². The molecule has 1 amide bonds. The first kappa shape index (κ1) is 9.58. The quantitative estimate of drug-likeness (QED) is 0.655. The lowest BCUT2D eigenvalue weighted by Gasteiger charge is -2.16. The second-order valence-corrected chi connectivity index (χ2v) is 2.51. The Morgan fingerprint density at radius 1 is 1.46 bits per heavy atom. The Morgan fingerprint density at radius 2 is 2.15 bits per heavy atom. The average molecular weight is 178 g/mol. The predicted molar refractivity (Wildman–Crippen MR) is 51.7 cm³/mol. The molecule has 0 heterocycles. The lowest BCUT2D eigenvalue weighted by Crippen LogP contribution is -2.20. The summed E-state index contributed by atoms with van der Waals surface area (Å²) in [7, 11) is 1.58. The van der Waals surface area contributed by atoms with Crippen LogP contribution in [0.3, 0.4) is 0 Å². The summed E-state index contributed by atoms with van der Waals surface area (Å²) in [5.74, 6) is 0.688. The minimum absolute atomic E-state index is 0.587. The van der Waals surface area contributed by atoms with E-state index in [1.165, 1.54) is 4.90 Å². The first-order valence-electron chi connectivity index (χ1n) is 4.11. The molecule has 0 spiro atoms.